The van der Waals surface area contributed by atoms with Gasteiger partial charge in [0.05, 0.1) is 18.5 Å². The third-order valence-corrected chi connectivity index (χ3v) is 4.09. The van der Waals surface area contributed by atoms with Gasteiger partial charge in [0.2, 0.25) is 0 Å². The highest BCUT2D eigenvalue weighted by Crippen LogP contribution is 2.24. The molecule has 2 aromatic carbocycles. The number of nitrogens with two attached hydrogens (primary N) is 1. The van der Waals surface area contributed by atoms with E-state index in [1.54, 1.807) is 54.6 Å². The average molecular weight is 366 g/mol. The van der Waals surface area contributed by atoms with Crippen molar-refractivity contribution in [1.82, 2.24) is 9.13 Å². The SMILES string of the molecule is COc1ccccc1NC(=O)c1c(N)n(-c2ccccc2)c(=O)n(C)c1=O. The van der Waals surface area contributed by atoms with Crippen LogP contribution in [0.4, 0.5) is 11.5 Å². The van der Waals surface area contributed by atoms with Crippen LogP contribution in [-0.2, 0) is 7.05 Å². The summed E-state index contributed by atoms with van der Waals surface area (Å²) in [6, 6.07) is 15.3. The van der Waals surface area contributed by atoms with Crippen LogP contribution < -0.4 is 27.0 Å². The molecule has 1 amide bonds. The Hall–Kier alpha value is -3.81. The third kappa shape index (κ3) is 3.20. The van der Waals surface area contributed by atoms with Gasteiger partial charge in [-0.05, 0) is 24.3 Å². The van der Waals surface area contributed by atoms with Crippen LogP contribution >= 0.6 is 0 Å². The first kappa shape index (κ1) is 18.0. The van der Waals surface area contributed by atoms with E-state index in [0.29, 0.717) is 17.1 Å². The van der Waals surface area contributed by atoms with E-state index >= 15 is 0 Å². The summed E-state index contributed by atoms with van der Waals surface area (Å²) in [6.07, 6.45) is 0. The lowest BCUT2D eigenvalue weighted by Crippen LogP contribution is -2.43. The number of carbonyl (C=O) groups is 1. The van der Waals surface area contributed by atoms with Crippen LogP contribution in [0, 0.1) is 0 Å². The number of nitrogen functional groups attached to an aromatic ring is 1. The largest absolute Gasteiger partial charge is 0.495 e. The van der Waals surface area contributed by atoms with E-state index < -0.39 is 17.2 Å². The highest BCUT2D eigenvalue weighted by atomic mass is 16.5. The van der Waals surface area contributed by atoms with Gasteiger partial charge < -0.3 is 15.8 Å². The molecule has 0 saturated heterocycles. The number of methoxy groups -OCH3 is 1. The zero-order valence-electron chi connectivity index (χ0n) is 14.8. The molecule has 0 fully saturated rings. The fourth-order valence-electron chi connectivity index (χ4n) is 2.70. The van der Waals surface area contributed by atoms with E-state index in [2.05, 4.69) is 5.32 Å². The number of para-hydroxylation sites is 3. The summed E-state index contributed by atoms with van der Waals surface area (Å²) in [5.41, 5.74) is 5.14. The first-order valence-corrected chi connectivity index (χ1v) is 8.07. The van der Waals surface area contributed by atoms with Gasteiger partial charge in [-0.1, -0.05) is 30.3 Å². The van der Waals surface area contributed by atoms with E-state index in [0.717, 1.165) is 9.13 Å². The number of nitrogens with one attached hydrogen (secondary N) is 1. The van der Waals surface area contributed by atoms with Gasteiger partial charge in [-0.3, -0.25) is 14.2 Å². The van der Waals surface area contributed by atoms with Gasteiger partial charge in [0.1, 0.15) is 17.1 Å². The number of amides is 1. The average Bonchev–Trinajstić information content (AvgIpc) is 2.68. The van der Waals surface area contributed by atoms with Crippen molar-refractivity contribution in [2.24, 2.45) is 7.05 Å². The summed E-state index contributed by atoms with van der Waals surface area (Å²) in [4.78, 5) is 37.9. The molecule has 1 aromatic heterocycles. The van der Waals surface area contributed by atoms with Gasteiger partial charge in [0.25, 0.3) is 11.5 Å². The Bertz CT molecular complexity index is 1120. The minimum absolute atomic E-state index is 0.235. The predicted octanol–water partition coefficient (Wildman–Crippen LogP) is 1.38. The fourth-order valence-corrected chi connectivity index (χ4v) is 2.70. The molecule has 8 nitrogen and oxygen atoms in total. The molecule has 0 atom stereocenters. The van der Waals surface area contributed by atoms with Gasteiger partial charge in [0.15, 0.2) is 0 Å². The lowest BCUT2D eigenvalue weighted by molar-refractivity contribution is 0.102. The first-order valence-electron chi connectivity index (χ1n) is 8.07. The van der Waals surface area contributed by atoms with Crippen LogP contribution in [0.1, 0.15) is 10.4 Å². The molecule has 0 aliphatic heterocycles. The second-order valence-corrected chi connectivity index (χ2v) is 5.73. The zero-order valence-corrected chi connectivity index (χ0v) is 14.8. The van der Waals surface area contributed by atoms with E-state index in [9.17, 15) is 14.4 Å². The number of rotatable bonds is 4. The van der Waals surface area contributed by atoms with Crippen molar-refractivity contribution < 1.29 is 9.53 Å². The summed E-state index contributed by atoms with van der Waals surface area (Å²) >= 11 is 0. The van der Waals surface area contributed by atoms with Crippen molar-refractivity contribution in [2.75, 3.05) is 18.2 Å². The van der Waals surface area contributed by atoms with E-state index in [4.69, 9.17) is 10.5 Å². The summed E-state index contributed by atoms with van der Waals surface area (Å²) < 4.78 is 7.17. The van der Waals surface area contributed by atoms with Crippen molar-refractivity contribution in [3.8, 4) is 11.4 Å². The monoisotopic (exact) mass is 366 g/mol. The van der Waals surface area contributed by atoms with Crippen LogP contribution in [-0.4, -0.2) is 22.2 Å². The standard InChI is InChI=1S/C19H18N4O4/c1-22-18(25)15(17(24)21-13-10-6-7-11-14(13)27-2)16(20)23(19(22)26)12-8-4-3-5-9-12/h3-11H,20H2,1-2H3,(H,21,24). The van der Waals surface area contributed by atoms with Gasteiger partial charge in [0, 0.05) is 7.05 Å². The maximum atomic E-state index is 12.8. The van der Waals surface area contributed by atoms with Gasteiger partial charge in [-0.15, -0.1) is 0 Å². The number of carbonyl (C=O) groups excluding carboxylic acids is 1. The molecule has 0 spiro atoms. The Morgan fingerprint density at radius 1 is 1.04 bits per heavy atom. The van der Waals surface area contributed by atoms with Gasteiger partial charge in [-0.25, -0.2) is 9.36 Å². The number of aromatic nitrogens is 2. The molecule has 0 bridgehead atoms. The van der Waals surface area contributed by atoms with Crippen molar-refractivity contribution >= 4 is 17.4 Å². The number of benzene rings is 2. The smallest absolute Gasteiger partial charge is 0.336 e. The summed E-state index contributed by atoms with van der Waals surface area (Å²) in [5.74, 6) is -0.540. The normalized spacial score (nSPS) is 10.4. The van der Waals surface area contributed by atoms with E-state index in [1.165, 1.54) is 14.2 Å². The number of ether oxygens (including phenoxy) is 1. The van der Waals surface area contributed by atoms with Crippen molar-refractivity contribution in [3.63, 3.8) is 0 Å². The number of nitrogens with zero attached hydrogens (tertiary/aromatic N) is 2. The molecule has 0 aliphatic rings. The number of hydrogen-bond acceptors (Lipinski definition) is 5. The van der Waals surface area contributed by atoms with Crippen LogP contribution in [0.3, 0.4) is 0 Å². The van der Waals surface area contributed by atoms with Gasteiger partial charge >= 0.3 is 5.69 Å². The Morgan fingerprint density at radius 3 is 2.33 bits per heavy atom. The van der Waals surface area contributed by atoms with E-state index in [-0.39, 0.29) is 11.4 Å². The fraction of sp³-hybridized carbons (Fsp3) is 0.105. The molecular formula is C19H18N4O4. The lowest BCUT2D eigenvalue weighted by atomic mass is 10.2. The topological polar surface area (TPSA) is 108 Å². The van der Waals surface area contributed by atoms with E-state index in [1.807, 2.05) is 0 Å². The molecule has 3 aromatic rings. The maximum absolute atomic E-state index is 12.8. The van der Waals surface area contributed by atoms with Crippen LogP contribution in [0.15, 0.2) is 64.2 Å². The molecular weight excluding hydrogens is 348 g/mol. The van der Waals surface area contributed by atoms with Gasteiger partial charge in [-0.2, -0.15) is 0 Å². The maximum Gasteiger partial charge on any atom is 0.336 e. The summed E-state index contributed by atoms with van der Waals surface area (Å²) in [6.45, 7) is 0. The Labute approximate surface area is 154 Å². The second-order valence-electron chi connectivity index (χ2n) is 5.73. The molecule has 0 radical (unpaired) electrons. The molecule has 8 heteroatoms. The molecule has 3 N–H and O–H groups in total. The third-order valence-electron chi connectivity index (χ3n) is 4.09. The van der Waals surface area contributed by atoms with Crippen LogP contribution in [0.5, 0.6) is 5.75 Å². The lowest BCUT2D eigenvalue weighted by Gasteiger charge is -2.15. The minimum Gasteiger partial charge on any atom is -0.495 e. The predicted molar refractivity (Wildman–Crippen MR) is 103 cm³/mol. The Morgan fingerprint density at radius 2 is 1.67 bits per heavy atom. The second kappa shape index (κ2) is 7.20. The first-order chi connectivity index (χ1) is 13.0. The summed E-state index contributed by atoms with van der Waals surface area (Å²) in [7, 11) is 2.76. The van der Waals surface area contributed by atoms with Crippen molar-refractivity contribution in [3.05, 3.63) is 81.0 Å². The molecule has 1 heterocycles. The summed E-state index contributed by atoms with van der Waals surface area (Å²) in [5, 5.41) is 2.61. The molecule has 3 rings (SSSR count). The van der Waals surface area contributed by atoms with Crippen molar-refractivity contribution in [1.29, 1.82) is 0 Å². The Balaban J connectivity index is 2.16. The Kier molecular flexibility index (Phi) is 4.80. The molecule has 27 heavy (non-hydrogen) atoms. The van der Waals surface area contributed by atoms with Crippen LogP contribution in [0.2, 0.25) is 0 Å². The zero-order chi connectivity index (χ0) is 19.6. The molecule has 0 saturated carbocycles. The van der Waals surface area contributed by atoms with Crippen molar-refractivity contribution in [2.45, 2.75) is 0 Å². The quantitative estimate of drug-likeness (QED) is 0.725. The molecule has 138 valence electrons. The molecule has 0 aliphatic carbocycles. The minimum atomic E-state index is -0.780. The molecule has 0 unspecified atom stereocenters. The van der Waals surface area contributed by atoms with Crippen LogP contribution in [0.25, 0.3) is 5.69 Å². The highest BCUT2D eigenvalue weighted by Gasteiger charge is 2.23. The number of hydrogen-bond donors (Lipinski definition) is 2. The number of anilines is 2. The highest BCUT2D eigenvalue weighted by molar-refractivity contribution is 6.07.